The molecule has 1 aromatic carbocycles. The van der Waals surface area contributed by atoms with E-state index in [2.05, 4.69) is 39.4 Å². The zero-order valence-corrected chi connectivity index (χ0v) is 11.2. The van der Waals surface area contributed by atoms with Gasteiger partial charge in [-0.25, -0.2) is 14.6 Å². The van der Waals surface area contributed by atoms with E-state index in [0.29, 0.717) is 6.04 Å². The van der Waals surface area contributed by atoms with E-state index >= 15 is 0 Å². The molecule has 1 aliphatic carbocycles. The Kier molecular flexibility index (Phi) is 2.45. The number of fused-ring (bicyclic) bond motifs is 1. The van der Waals surface area contributed by atoms with Gasteiger partial charge in [-0.3, -0.25) is 0 Å². The van der Waals surface area contributed by atoms with Gasteiger partial charge in [0.25, 0.3) is 0 Å². The number of benzene rings is 1. The molecule has 0 saturated heterocycles. The van der Waals surface area contributed by atoms with E-state index in [-0.39, 0.29) is 0 Å². The predicted molar refractivity (Wildman–Crippen MR) is 78.0 cm³/mol. The summed E-state index contributed by atoms with van der Waals surface area (Å²) in [6, 6.07) is 8.74. The maximum atomic E-state index is 4.49. The Morgan fingerprint density at radius 3 is 2.85 bits per heavy atom. The molecule has 4 rings (SSSR count). The van der Waals surface area contributed by atoms with Crippen molar-refractivity contribution in [1.82, 2.24) is 19.7 Å². The Morgan fingerprint density at radius 2 is 2.05 bits per heavy atom. The van der Waals surface area contributed by atoms with Crippen molar-refractivity contribution in [3.05, 3.63) is 42.4 Å². The monoisotopic (exact) mass is 265 g/mol. The maximum Gasteiger partial charge on any atom is 0.168 e. The minimum atomic E-state index is 0.565. The number of aromatic nitrogens is 4. The molecule has 0 amide bonds. The molecule has 5 nitrogen and oxygen atoms in total. The number of para-hydroxylation sites is 1. The van der Waals surface area contributed by atoms with Crippen LogP contribution in [0.5, 0.6) is 0 Å². The summed E-state index contributed by atoms with van der Waals surface area (Å²) in [4.78, 5) is 8.74. The maximum absolute atomic E-state index is 4.49. The van der Waals surface area contributed by atoms with Gasteiger partial charge < -0.3 is 5.32 Å². The molecule has 0 atom stereocenters. The van der Waals surface area contributed by atoms with Gasteiger partial charge in [-0.1, -0.05) is 18.2 Å². The molecular weight excluding hydrogens is 250 g/mol. The summed E-state index contributed by atoms with van der Waals surface area (Å²) >= 11 is 0. The fourth-order valence-electron chi connectivity index (χ4n) is 2.36. The molecule has 0 unspecified atom stereocenters. The number of hydrogen-bond donors (Lipinski definition) is 1. The van der Waals surface area contributed by atoms with Crippen LogP contribution in [0.3, 0.4) is 0 Å². The minimum absolute atomic E-state index is 0.565. The second-order valence-electron chi connectivity index (χ2n) is 5.22. The summed E-state index contributed by atoms with van der Waals surface area (Å²) < 4.78 is 1.88. The van der Waals surface area contributed by atoms with Gasteiger partial charge in [-0.2, -0.15) is 5.10 Å². The predicted octanol–water partition coefficient (Wildman–Crippen LogP) is 2.70. The first-order valence-electron chi connectivity index (χ1n) is 6.84. The van der Waals surface area contributed by atoms with Crippen LogP contribution in [0, 0.1) is 6.92 Å². The molecule has 0 aliphatic heterocycles. The summed E-state index contributed by atoms with van der Waals surface area (Å²) in [5, 5.41) is 8.90. The standard InChI is InChI=1S/C15H15N5/c1-10-4-2-3-5-13(10)20-15-12(8-18-20)14(16-9-17-15)19-11-6-7-11/h2-5,8-9,11H,6-7H2,1H3,(H,16,17,19). The van der Waals surface area contributed by atoms with Crippen LogP contribution in [-0.4, -0.2) is 25.8 Å². The lowest BCUT2D eigenvalue weighted by Gasteiger charge is -2.07. The molecule has 0 bridgehead atoms. The first-order valence-corrected chi connectivity index (χ1v) is 6.84. The third-order valence-corrected chi connectivity index (χ3v) is 3.63. The van der Waals surface area contributed by atoms with E-state index in [1.165, 1.54) is 18.4 Å². The van der Waals surface area contributed by atoms with Gasteiger partial charge in [0, 0.05) is 6.04 Å². The van der Waals surface area contributed by atoms with Gasteiger partial charge in [0.05, 0.1) is 17.3 Å². The summed E-state index contributed by atoms with van der Waals surface area (Å²) in [6.45, 7) is 2.08. The highest BCUT2D eigenvalue weighted by Crippen LogP contribution is 2.28. The fourth-order valence-corrected chi connectivity index (χ4v) is 2.36. The molecule has 2 aromatic heterocycles. The summed E-state index contributed by atoms with van der Waals surface area (Å²) in [7, 11) is 0. The van der Waals surface area contributed by atoms with E-state index in [1.807, 2.05) is 23.0 Å². The first-order chi connectivity index (χ1) is 9.83. The van der Waals surface area contributed by atoms with Crippen molar-refractivity contribution in [2.75, 3.05) is 5.32 Å². The van der Waals surface area contributed by atoms with Gasteiger partial charge in [0.2, 0.25) is 0 Å². The number of anilines is 1. The lowest BCUT2D eigenvalue weighted by atomic mass is 10.2. The van der Waals surface area contributed by atoms with Crippen LogP contribution in [0.4, 0.5) is 5.82 Å². The lowest BCUT2D eigenvalue weighted by Crippen LogP contribution is -2.04. The fraction of sp³-hybridized carbons (Fsp3) is 0.267. The second kappa shape index (κ2) is 4.30. The van der Waals surface area contributed by atoms with Crippen molar-refractivity contribution in [3.8, 4) is 5.69 Å². The zero-order chi connectivity index (χ0) is 13.5. The number of rotatable bonds is 3. The van der Waals surface area contributed by atoms with Gasteiger partial charge >= 0.3 is 0 Å². The smallest absolute Gasteiger partial charge is 0.168 e. The Hall–Kier alpha value is -2.43. The largest absolute Gasteiger partial charge is 0.367 e. The van der Waals surface area contributed by atoms with E-state index in [4.69, 9.17) is 0 Å². The minimum Gasteiger partial charge on any atom is -0.367 e. The molecule has 0 spiro atoms. The third kappa shape index (κ3) is 1.82. The van der Waals surface area contributed by atoms with Gasteiger partial charge in [-0.05, 0) is 31.4 Å². The molecule has 1 N–H and O–H groups in total. The molecule has 1 saturated carbocycles. The van der Waals surface area contributed by atoms with Crippen molar-refractivity contribution >= 4 is 16.9 Å². The number of nitrogens with one attached hydrogen (secondary N) is 1. The third-order valence-electron chi connectivity index (χ3n) is 3.63. The van der Waals surface area contributed by atoms with Gasteiger partial charge in [0.1, 0.15) is 12.1 Å². The van der Waals surface area contributed by atoms with Crippen LogP contribution in [0.1, 0.15) is 18.4 Å². The highest BCUT2D eigenvalue weighted by atomic mass is 15.3. The number of hydrogen-bond acceptors (Lipinski definition) is 4. The average molecular weight is 265 g/mol. The highest BCUT2D eigenvalue weighted by molar-refractivity contribution is 5.87. The highest BCUT2D eigenvalue weighted by Gasteiger charge is 2.23. The molecule has 3 aromatic rings. The molecule has 1 aliphatic rings. The molecule has 5 heteroatoms. The lowest BCUT2D eigenvalue weighted by molar-refractivity contribution is 0.887. The van der Waals surface area contributed by atoms with E-state index in [0.717, 1.165) is 22.5 Å². The van der Waals surface area contributed by atoms with Crippen molar-refractivity contribution in [2.45, 2.75) is 25.8 Å². The van der Waals surface area contributed by atoms with E-state index in [1.54, 1.807) is 6.33 Å². The van der Waals surface area contributed by atoms with Crippen LogP contribution in [0.25, 0.3) is 16.7 Å². The van der Waals surface area contributed by atoms with Crippen molar-refractivity contribution in [2.24, 2.45) is 0 Å². The number of aryl methyl sites for hydroxylation is 1. The molecular formula is C15H15N5. The summed E-state index contributed by atoms with van der Waals surface area (Å²) in [5.74, 6) is 0.886. The molecule has 2 heterocycles. The van der Waals surface area contributed by atoms with Crippen LogP contribution in [0.2, 0.25) is 0 Å². The summed E-state index contributed by atoms with van der Waals surface area (Å²) in [6.07, 6.45) is 5.88. The zero-order valence-electron chi connectivity index (χ0n) is 11.2. The Balaban J connectivity index is 1.87. The SMILES string of the molecule is Cc1ccccc1-n1ncc2c(NC3CC3)ncnc21. The van der Waals surface area contributed by atoms with Crippen molar-refractivity contribution in [3.63, 3.8) is 0 Å². The first kappa shape index (κ1) is 11.4. The van der Waals surface area contributed by atoms with Crippen molar-refractivity contribution < 1.29 is 0 Å². The second-order valence-corrected chi connectivity index (χ2v) is 5.22. The molecule has 1 fully saturated rings. The molecule has 100 valence electrons. The quantitative estimate of drug-likeness (QED) is 0.791. The Bertz CT molecular complexity index is 773. The average Bonchev–Trinajstić information content (AvgIpc) is 3.17. The van der Waals surface area contributed by atoms with Gasteiger partial charge in [-0.15, -0.1) is 0 Å². The number of nitrogens with zero attached hydrogens (tertiary/aromatic N) is 4. The van der Waals surface area contributed by atoms with E-state index in [9.17, 15) is 0 Å². The van der Waals surface area contributed by atoms with Gasteiger partial charge in [0.15, 0.2) is 5.65 Å². The van der Waals surface area contributed by atoms with Crippen LogP contribution >= 0.6 is 0 Å². The van der Waals surface area contributed by atoms with E-state index < -0.39 is 0 Å². The van der Waals surface area contributed by atoms with Crippen LogP contribution < -0.4 is 5.32 Å². The van der Waals surface area contributed by atoms with Crippen LogP contribution in [0.15, 0.2) is 36.8 Å². The molecule has 0 radical (unpaired) electrons. The molecule has 20 heavy (non-hydrogen) atoms. The van der Waals surface area contributed by atoms with Crippen LogP contribution in [-0.2, 0) is 0 Å². The Labute approximate surface area is 116 Å². The Morgan fingerprint density at radius 1 is 1.20 bits per heavy atom. The topological polar surface area (TPSA) is 55.6 Å². The summed E-state index contributed by atoms with van der Waals surface area (Å²) in [5.41, 5.74) is 3.07. The van der Waals surface area contributed by atoms with Crippen molar-refractivity contribution in [1.29, 1.82) is 0 Å². The normalized spacial score (nSPS) is 14.7.